The minimum absolute atomic E-state index is 0.00637. The maximum absolute atomic E-state index is 12.3. The molecule has 4 heterocycles. The van der Waals surface area contributed by atoms with E-state index in [2.05, 4.69) is 39.1 Å². The maximum atomic E-state index is 12.3. The van der Waals surface area contributed by atoms with Crippen LogP contribution in [0, 0.1) is 0 Å². The van der Waals surface area contributed by atoms with Gasteiger partial charge in [0.25, 0.3) is 0 Å². The molecular weight excluding hydrogens is 330 g/mol. The van der Waals surface area contributed by atoms with Gasteiger partial charge < -0.3 is 14.2 Å². The summed E-state index contributed by atoms with van der Waals surface area (Å²) in [6, 6.07) is 4.24. The largest absolute Gasteiger partial charge is 0.365 e. The van der Waals surface area contributed by atoms with Crippen LogP contribution in [0.3, 0.4) is 0 Å². The monoisotopic (exact) mass is 357 g/mol. The quantitative estimate of drug-likeness (QED) is 0.808. The summed E-state index contributed by atoms with van der Waals surface area (Å²) in [7, 11) is 1.94. The zero-order valence-electron chi connectivity index (χ0n) is 15.4. The van der Waals surface area contributed by atoms with Gasteiger partial charge in [-0.3, -0.25) is 14.4 Å². The average Bonchev–Trinajstić information content (AvgIpc) is 3.35. The molecule has 1 atom stereocenters. The number of carbonyl (C=O) groups is 1. The number of amides is 1. The van der Waals surface area contributed by atoms with Gasteiger partial charge >= 0.3 is 0 Å². The lowest BCUT2D eigenvalue weighted by Gasteiger charge is -2.24. The van der Waals surface area contributed by atoms with E-state index in [0.29, 0.717) is 0 Å². The first-order valence-corrected chi connectivity index (χ1v) is 9.40. The second kappa shape index (κ2) is 7.63. The van der Waals surface area contributed by atoms with Crippen molar-refractivity contribution in [2.24, 2.45) is 7.05 Å². The topological polar surface area (TPSA) is 55.5 Å². The van der Waals surface area contributed by atoms with Gasteiger partial charge in [0.2, 0.25) is 5.91 Å². The second-order valence-corrected chi connectivity index (χ2v) is 7.36. The van der Waals surface area contributed by atoms with Crippen LogP contribution in [0.4, 0.5) is 0 Å². The molecule has 0 bridgehead atoms. The molecule has 2 aliphatic rings. The minimum atomic E-state index is 0.00637. The number of likely N-dealkylation sites (tertiary alicyclic amines) is 1. The van der Waals surface area contributed by atoms with E-state index in [1.807, 2.05) is 22.8 Å². The zero-order chi connectivity index (χ0) is 17.9. The van der Waals surface area contributed by atoms with Crippen LogP contribution in [0.2, 0.25) is 0 Å². The Hall–Kier alpha value is -2.12. The molecule has 0 radical (unpaired) electrons. The fourth-order valence-electron chi connectivity index (χ4n) is 3.91. The van der Waals surface area contributed by atoms with Crippen LogP contribution in [0.5, 0.6) is 0 Å². The Bertz CT molecular complexity index is 747. The third kappa shape index (κ3) is 3.99. The van der Waals surface area contributed by atoms with Crippen molar-refractivity contribution in [1.82, 2.24) is 24.1 Å². The summed E-state index contributed by atoms with van der Waals surface area (Å²) in [5.41, 5.74) is 2.48. The van der Waals surface area contributed by atoms with E-state index in [1.165, 1.54) is 11.3 Å². The molecule has 0 unspecified atom stereocenters. The number of aromatic nitrogens is 3. The Balaban J connectivity index is 1.41. The molecule has 0 N–H and O–H groups in total. The Kier molecular flexibility index (Phi) is 5.08. The highest BCUT2D eigenvalue weighted by Crippen LogP contribution is 2.18. The summed E-state index contributed by atoms with van der Waals surface area (Å²) in [6.45, 7) is 5.25. The van der Waals surface area contributed by atoms with E-state index in [1.54, 1.807) is 0 Å². The zero-order valence-corrected chi connectivity index (χ0v) is 15.4. The maximum Gasteiger partial charge on any atom is 0.248 e. The van der Waals surface area contributed by atoms with Crippen LogP contribution in [-0.4, -0.2) is 62.4 Å². The van der Waals surface area contributed by atoms with Crippen LogP contribution < -0.4 is 0 Å². The predicted molar refractivity (Wildman–Crippen MR) is 97.3 cm³/mol. The van der Waals surface area contributed by atoms with E-state index in [0.717, 1.165) is 52.1 Å². The molecule has 140 valence electrons. The smallest absolute Gasteiger partial charge is 0.248 e. The average molecular weight is 357 g/mol. The van der Waals surface area contributed by atoms with Gasteiger partial charge in [-0.2, -0.15) is 5.10 Å². The van der Waals surface area contributed by atoms with Crippen molar-refractivity contribution >= 4 is 5.91 Å². The molecule has 4 rings (SSSR count). The van der Waals surface area contributed by atoms with Crippen molar-refractivity contribution in [3.63, 3.8) is 0 Å². The first kappa shape index (κ1) is 17.3. The van der Waals surface area contributed by atoms with Gasteiger partial charge in [0.1, 0.15) is 6.61 Å². The highest BCUT2D eigenvalue weighted by molar-refractivity contribution is 5.77. The second-order valence-electron chi connectivity index (χ2n) is 7.36. The van der Waals surface area contributed by atoms with Crippen molar-refractivity contribution in [1.29, 1.82) is 0 Å². The number of hydrogen-bond acceptors (Lipinski definition) is 4. The van der Waals surface area contributed by atoms with Gasteiger partial charge in [-0.05, 0) is 25.0 Å². The molecule has 2 aromatic heterocycles. The highest BCUT2D eigenvalue weighted by Gasteiger charge is 2.25. The molecule has 0 saturated carbocycles. The lowest BCUT2D eigenvalue weighted by Crippen LogP contribution is -2.37. The molecule has 26 heavy (non-hydrogen) atoms. The molecule has 7 heteroatoms. The third-order valence-corrected chi connectivity index (χ3v) is 5.24. The van der Waals surface area contributed by atoms with Crippen LogP contribution >= 0.6 is 0 Å². The molecule has 1 saturated heterocycles. The first-order valence-electron chi connectivity index (χ1n) is 9.40. The van der Waals surface area contributed by atoms with Gasteiger partial charge in [-0.1, -0.05) is 0 Å². The van der Waals surface area contributed by atoms with E-state index in [4.69, 9.17) is 4.74 Å². The number of ether oxygens (including phenoxy) is 1. The lowest BCUT2D eigenvalue weighted by atomic mass is 10.2. The summed E-state index contributed by atoms with van der Waals surface area (Å²) < 4.78 is 10.1. The number of aryl methyl sites for hydroxylation is 1. The van der Waals surface area contributed by atoms with Gasteiger partial charge in [0.05, 0.1) is 12.3 Å². The Labute approximate surface area is 154 Å². The van der Waals surface area contributed by atoms with Crippen LogP contribution in [0.15, 0.2) is 30.7 Å². The van der Waals surface area contributed by atoms with Crippen molar-refractivity contribution < 1.29 is 9.53 Å². The highest BCUT2D eigenvalue weighted by atomic mass is 16.5. The Morgan fingerprint density at radius 3 is 2.92 bits per heavy atom. The fourth-order valence-corrected chi connectivity index (χ4v) is 3.91. The molecule has 7 nitrogen and oxygen atoms in total. The SMILES string of the molecule is Cn1cc(CN2Cc3cccn3C[C@@H](OCC(=O)N3CCCC3)C2)cn1. The van der Waals surface area contributed by atoms with Gasteiger partial charge in [0.15, 0.2) is 0 Å². The summed E-state index contributed by atoms with van der Waals surface area (Å²) in [5, 5.41) is 4.27. The van der Waals surface area contributed by atoms with Crippen molar-refractivity contribution in [3.05, 3.63) is 42.0 Å². The van der Waals surface area contributed by atoms with Crippen molar-refractivity contribution in [3.8, 4) is 0 Å². The van der Waals surface area contributed by atoms with Crippen molar-refractivity contribution in [2.45, 2.75) is 38.6 Å². The van der Waals surface area contributed by atoms with Crippen LogP contribution in [-0.2, 0) is 36.2 Å². The summed E-state index contributed by atoms with van der Waals surface area (Å²) >= 11 is 0. The van der Waals surface area contributed by atoms with Crippen LogP contribution in [0.1, 0.15) is 24.1 Å². The Morgan fingerprint density at radius 1 is 1.31 bits per heavy atom. The predicted octanol–water partition coefficient (Wildman–Crippen LogP) is 1.24. The molecular formula is C19H27N5O2. The summed E-state index contributed by atoms with van der Waals surface area (Å²) in [5.74, 6) is 0.123. The molecule has 1 amide bonds. The molecule has 0 aromatic carbocycles. The number of hydrogen-bond donors (Lipinski definition) is 0. The normalized spacial score (nSPS) is 21.0. The fraction of sp³-hybridized carbons (Fsp3) is 0.579. The minimum Gasteiger partial charge on any atom is -0.365 e. The van der Waals surface area contributed by atoms with Gasteiger partial charge in [-0.15, -0.1) is 0 Å². The molecule has 2 aromatic rings. The lowest BCUT2D eigenvalue weighted by molar-refractivity contribution is -0.137. The first-order chi connectivity index (χ1) is 12.7. The number of rotatable bonds is 5. The van der Waals surface area contributed by atoms with Gasteiger partial charge in [-0.25, -0.2) is 0 Å². The molecule has 0 aliphatic carbocycles. The number of nitrogens with zero attached hydrogens (tertiary/aromatic N) is 5. The molecule has 0 spiro atoms. The standard InChI is InChI=1S/C19H27N5O2/c1-21-10-16(9-20-21)11-22-12-17-5-4-8-24(17)14-18(13-22)26-15-19(25)23-6-2-3-7-23/h4-5,8-10,18H,2-3,6-7,11-15H2,1H3/t18-/m0/s1. The van der Waals surface area contributed by atoms with E-state index in [9.17, 15) is 4.79 Å². The van der Waals surface area contributed by atoms with E-state index < -0.39 is 0 Å². The third-order valence-electron chi connectivity index (χ3n) is 5.24. The molecule has 2 aliphatic heterocycles. The number of carbonyl (C=O) groups excluding carboxylic acids is 1. The van der Waals surface area contributed by atoms with E-state index >= 15 is 0 Å². The van der Waals surface area contributed by atoms with Crippen LogP contribution in [0.25, 0.3) is 0 Å². The summed E-state index contributed by atoms with van der Waals surface area (Å²) in [4.78, 5) is 16.6. The van der Waals surface area contributed by atoms with Crippen molar-refractivity contribution in [2.75, 3.05) is 26.2 Å². The molecule has 1 fully saturated rings. The Morgan fingerprint density at radius 2 is 2.15 bits per heavy atom. The number of fused-ring (bicyclic) bond motifs is 1. The van der Waals surface area contributed by atoms with E-state index in [-0.39, 0.29) is 18.6 Å². The summed E-state index contributed by atoms with van der Waals surface area (Å²) in [6.07, 6.45) is 8.29. The van der Waals surface area contributed by atoms with Gasteiger partial charge in [0, 0.05) is 70.0 Å².